The summed E-state index contributed by atoms with van der Waals surface area (Å²) in [5.74, 6) is -3.00. The number of amides is 2. The van der Waals surface area contributed by atoms with Crippen LogP contribution in [0.25, 0.3) is 0 Å². The summed E-state index contributed by atoms with van der Waals surface area (Å²) >= 11 is 1.19. The van der Waals surface area contributed by atoms with E-state index in [1.54, 1.807) is 24.3 Å². The molecular weight excluding hydrogens is 392 g/mol. The SMILES string of the molecule is CC(=O)O.O=C(COc1ccccc1)NC1C(=O)N2C(C(=O)O)=C(O)CS[C@H]12. The smallest absolute Gasteiger partial charge is 0.356 e. The van der Waals surface area contributed by atoms with Crippen LogP contribution in [-0.4, -0.2) is 67.7 Å². The summed E-state index contributed by atoms with van der Waals surface area (Å²) in [6, 6.07) is 7.93. The Morgan fingerprint density at radius 3 is 2.43 bits per heavy atom. The lowest BCUT2D eigenvalue weighted by molar-refractivity contribution is -0.151. The fourth-order valence-electron chi connectivity index (χ4n) is 2.48. The summed E-state index contributed by atoms with van der Waals surface area (Å²) < 4.78 is 5.30. The van der Waals surface area contributed by atoms with Gasteiger partial charge in [0, 0.05) is 6.92 Å². The number of carbonyl (C=O) groups is 4. The maximum Gasteiger partial charge on any atom is 0.356 e. The van der Waals surface area contributed by atoms with Crippen molar-refractivity contribution in [2.45, 2.75) is 18.3 Å². The van der Waals surface area contributed by atoms with Gasteiger partial charge in [-0.1, -0.05) is 18.2 Å². The van der Waals surface area contributed by atoms with Gasteiger partial charge in [0.15, 0.2) is 12.3 Å². The third-order valence-corrected chi connectivity index (χ3v) is 4.84. The third-order valence-electron chi connectivity index (χ3n) is 3.58. The Kier molecular flexibility index (Phi) is 6.88. The highest BCUT2D eigenvalue weighted by molar-refractivity contribution is 8.00. The van der Waals surface area contributed by atoms with Gasteiger partial charge in [0.1, 0.15) is 22.9 Å². The van der Waals surface area contributed by atoms with Gasteiger partial charge in [0.25, 0.3) is 17.8 Å². The molecule has 0 aromatic heterocycles. The van der Waals surface area contributed by atoms with Gasteiger partial charge in [-0.05, 0) is 12.1 Å². The van der Waals surface area contributed by atoms with Gasteiger partial charge in [0.05, 0.1) is 5.75 Å². The number of carbonyl (C=O) groups excluding carboxylic acids is 2. The quantitative estimate of drug-likeness (QED) is 0.505. The van der Waals surface area contributed by atoms with Crippen LogP contribution in [-0.2, 0) is 19.2 Å². The number of benzene rings is 1. The Morgan fingerprint density at radius 2 is 1.86 bits per heavy atom. The van der Waals surface area contributed by atoms with Gasteiger partial charge in [0.2, 0.25) is 0 Å². The number of aliphatic hydroxyl groups is 1. The minimum Gasteiger partial charge on any atom is -0.509 e. The fourth-order valence-corrected chi connectivity index (χ4v) is 3.68. The maximum atomic E-state index is 12.1. The molecule has 0 aliphatic carbocycles. The lowest BCUT2D eigenvalue weighted by Crippen LogP contribution is -2.70. The Morgan fingerprint density at radius 1 is 1.25 bits per heavy atom. The van der Waals surface area contributed by atoms with Gasteiger partial charge in [-0.25, -0.2) is 4.79 Å². The number of β-lactam (4-membered cyclic amide) rings is 1. The van der Waals surface area contributed by atoms with Crippen molar-refractivity contribution in [3.8, 4) is 5.75 Å². The van der Waals surface area contributed by atoms with Crippen LogP contribution in [0.4, 0.5) is 0 Å². The maximum absolute atomic E-state index is 12.1. The van der Waals surface area contributed by atoms with Crippen molar-refractivity contribution in [2.24, 2.45) is 0 Å². The highest BCUT2D eigenvalue weighted by Gasteiger charge is 2.54. The summed E-state index contributed by atoms with van der Waals surface area (Å²) in [5, 5.41) is 28.1. The van der Waals surface area contributed by atoms with Crippen molar-refractivity contribution in [1.29, 1.82) is 0 Å². The average molecular weight is 410 g/mol. The number of carboxylic acids is 2. The lowest BCUT2D eigenvalue weighted by atomic mass is 10.0. The molecule has 2 amide bonds. The zero-order valence-electron chi connectivity index (χ0n) is 14.7. The topological polar surface area (TPSA) is 153 Å². The first-order valence-electron chi connectivity index (χ1n) is 7.99. The number of nitrogens with zero attached hydrogens (tertiary/aromatic N) is 1. The monoisotopic (exact) mass is 410 g/mol. The van der Waals surface area contributed by atoms with Crippen LogP contribution >= 0.6 is 11.8 Å². The molecule has 150 valence electrons. The highest BCUT2D eigenvalue weighted by Crippen LogP contribution is 2.39. The number of carboxylic acid groups (broad SMARTS) is 2. The minimum absolute atomic E-state index is 0.0724. The fraction of sp³-hybridized carbons (Fsp3) is 0.294. The van der Waals surface area contributed by atoms with E-state index >= 15 is 0 Å². The summed E-state index contributed by atoms with van der Waals surface area (Å²) in [6.45, 7) is 0.831. The Labute approximate surface area is 163 Å². The van der Waals surface area contributed by atoms with Crippen molar-refractivity contribution in [2.75, 3.05) is 12.4 Å². The van der Waals surface area contributed by atoms with Crippen molar-refractivity contribution >= 4 is 35.5 Å². The van der Waals surface area contributed by atoms with E-state index in [2.05, 4.69) is 5.32 Å². The number of hydrogen-bond donors (Lipinski definition) is 4. The number of thioether (sulfide) groups is 1. The molecule has 1 fully saturated rings. The molecule has 28 heavy (non-hydrogen) atoms. The zero-order chi connectivity index (χ0) is 20.8. The second-order valence-electron chi connectivity index (χ2n) is 5.68. The number of para-hydroxylation sites is 1. The van der Waals surface area contributed by atoms with E-state index in [9.17, 15) is 19.5 Å². The van der Waals surface area contributed by atoms with Crippen molar-refractivity contribution in [3.05, 3.63) is 41.8 Å². The summed E-state index contributed by atoms with van der Waals surface area (Å²) in [7, 11) is 0. The van der Waals surface area contributed by atoms with Crippen LogP contribution < -0.4 is 10.1 Å². The van der Waals surface area contributed by atoms with Gasteiger partial charge < -0.3 is 25.4 Å². The molecule has 2 atom stereocenters. The molecule has 1 aromatic rings. The second kappa shape index (κ2) is 9.13. The predicted molar refractivity (Wildman–Crippen MR) is 97.6 cm³/mol. The molecule has 0 spiro atoms. The highest BCUT2D eigenvalue weighted by atomic mass is 32.2. The third kappa shape index (κ3) is 4.94. The van der Waals surface area contributed by atoms with Gasteiger partial charge >= 0.3 is 5.97 Å². The molecule has 0 radical (unpaired) electrons. The van der Waals surface area contributed by atoms with Crippen LogP contribution in [0.15, 0.2) is 41.8 Å². The first-order chi connectivity index (χ1) is 13.2. The van der Waals surface area contributed by atoms with Gasteiger partial charge in [-0.3, -0.25) is 19.3 Å². The summed E-state index contributed by atoms with van der Waals surface area (Å²) in [6.07, 6.45) is 0. The molecule has 11 heteroatoms. The molecule has 3 rings (SSSR count). The van der Waals surface area contributed by atoms with Gasteiger partial charge in [-0.15, -0.1) is 11.8 Å². The van der Waals surface area contributed by atoms with Crippen molar-refractivity contribution < 1.29 is 39.2 Å². The molecular formula is C17H18N2O8S. The first kappa shape index (κ1) is 21.1. The lowest BCUT2D eigenvalue weighted by Gasteiger charge is -2.48. The molecule has 2 aliphatic heterocycles. The summed E-state index contributed by atoms with van der Waals surface area (Å²) in [4.78, 5) is 45.2. The van der Waals surface area contributed by atoms with Crippen LogP contribution in [0.5, 0.6) is 5.75 Å². The second-order valence-corrected chi connectivity index (χ2v) is 6.78. The number of fused-ring (bicyclic) bond motifs is 1. The molecule has 1 unspecified atom stereocenters. The minimum atomic E-state index is -1.37. The molecule has 1 saturated heterocycles. The van der Waals surface area contributed by atoms with Gasteiger partial charge in [-0.2, -0.15) is 0 Å². The van der Waals surface area contributed by atoms with Crippen LogP contribution in [0.3, 0.4) is 0 Å². The first-order valence-corrected chi connectivity index (χ1v) is 9.04. The number of rotatable bonds is 5. The Hall–Kier alpha value is -3.21. The predicted octanol–water partition coefficient (Wildman–Crippen LogP) is 0.410. The Balaban J connectivity index is 0.000000640. The van der Waals surface area contributed by atoms with E-state index in [-0.39, 0.29) is 18.1 Å². The summed E-state index contributed by atoms with van der Waals surface area (Å²) in [5.41, 5.74) is -0.421. The standard InChI is InChI=1S/C15H14N2O6S.C2H4O2/c18-9-7-24-14-11(13(20)17(14)12(9)15(21)22)16-10(19)6-23-8-4-2-1-3-5-8;1-2(3)4/h1-5,11,14,18H,6-7H2,(H,16,19)(H,21,22);1H3,(H,3,4)/t11?,14-;/m1./s1. The van der Waals surface area contributed by atoms with Crippen molar-refractivity contribution in [1.82, 2.24) is 10.2 Å². The molecule has 10 nitrogen and oxygen atoms in total. The zero-order valence-corrected chi connectivity index (χ0v) is 15.5. The Bertz CT molecular complexity index is 807. The average Bonchev–Trinajstić information content (AvgIpc) is 2.64. The molecule has 1 aromatic carbocycles. The largest absolute Gasteiger partial charge is 0.509 e. The number of nitrogens with one attached hydrogen (secondary N) is 1. The molecule has 0 saturated carbocycles. The van der Waals surface area contributed by atoms with Crippen LogP contribution in [0, 0.1) is 0 Å². The molecule has 0 bridgehead atoms. The van der Waals surface area contributed by atoms with E-state index in [1.807, 2.05) is 6.07 Å². The van der Waals surface area contributed by atoms with E-state index in [0.717, 1.165) is 11.8 Å². The number of hydrogen-bond acceptors (Lipinski definition) is 7. The molecule has 2 aliphatic rings. The van der Waals surface area contributed by atoms with E-state index < -0.39 is 40.9 Å². The van der Waals surface area contributed by atoms with Crippen LogP contribution in [0.1, 0.15) is 6.92 Å². The van der Waals surface area contributed by atoms with Crippen molar-refractivity contribution in [3.63, 3.8) is 0 Å². The van der Waals surface area contributed by atoms with Crippen LogP contribution in [0.2, 0.25) is 0 Å². The van der Waals surface area contributed by atoms with E-state index in [1.165, 1.54) is 11.8 Å². The number of aliphatic hydroxyl groups excluding tert-OH is 1. The molecule has 2 heterocycles. The normalized spacial score (nSPS) is 20.2. The van der Waals surface area contributed by atoms with E-state index in [4.69, 9.17) is 19.7 Å². The van der Waals surface area contributed by atoms with E-state index in [0.29, 0.717) is 5.75 Å². The number of ether oxygens (including phenoxy) is 1. The molecule has 4 N–H and O–H groups in total. The number of aliphatic carboxylic acids is 2.